The summed E-state index contributed by atoms with van der Waals surface area (Å²) < 4.78 is 27.5. The zero-order chi connectivity index (χ0) is 44.7. The highest BCUT2D eigenvalue weighted by molar-refractivity contribution is 6.24. The molecule has 334 valence electrons. The minimum atomic E-state index is -1.47. The molecule has 19 nitrogen and oxygen atoms in total. The fourth-order valence-electron chi connectivity index (χ4n) is 7.38. The molecule has 2 aliphatic heterocycles. The standard InChI is InChI=1S/C44H49N5O14/c50-36-15-14-34(40(53)48-36)49-41(54)31-12-5-13-35(39(31)42(49)55)62-26-38(52)46-17-7-19-60-21-23-61-22-20-59-18-6-16-45-37(51)24-33(43(56)57)47-44(58)63-25-32-29-10-3-1-8-27(29)28-9-2-4-11-30(28)32/h1-5,8-13,32-34H,6-7,14-26H2,(H,45,51)(H,46,52)(H,47,58)(H,56,57)(H,48,50,53)/t33-,34?/m0/s1. The van der Waals surface area contributed by atoms with Crippen molar-refractivity contribution in [2.45, 2.75) is 50.1 Å². The number of alkyl carbamates (subject to hydrolysis) is 1. The summed E-state index contributed by atoms with van der Waals surface area (Å²) in [7, 11) is 0. The number of carboxylic acid groups (broad SMARTS) is 1. The third kappa shape index (κ3) is 12.0. The van der Waals surface area contributed by atoms with Crippen LogP contribution in [0.25, 0.3) is 11.1 Å². The molecule has 0 aromatic heterocycles. The lowest BCUT2D eigenvalue weighted by atomic mass is 9.98. The van der Waals surface area contributed by atoms with E-state index in [9.17, 15) is 43.5 Å². The molecule has 7 amide bonds. The number of hydrogen-bond donors (Lipinski definition) is 5. The summed E-state index contributed by atoms with van der Waals surface area (Å²) in [5.74, 6) is -5.13. The van der Waals surface area contributed by atoms with Crippen molar-refractivity contribution in [1.29, 1.82) is 0 Å². The molecular weight excluding hydrogens is 823 g/mol. The number of rotatable bonds is 24. The van der Waals surface area contributed by atoms with Crippen LogP contribution in [-0.2, 0) is 42.9 Å². The van der Waals surface area contributed by atoms with Crippen LogP contribution in [-0.4, -0.2) is 136 Å². The molecule has 1 unspecified atom stereocenters. The first-order valence-electron chi connectivity index (χ1n) is 20.6. The third-order valence-electron chi connectivity index (χ3n) is 10.4. The van der Waals surface area contributed by atoms with Gasteiger partial charge in [-0.15, -0.1) is 0 Å². The quantitative estimate of drug-likeness (QED) is 0.0637. The van der Waals surface area contributed by atoms with Crippen LogP contribution >= 0.6 is 0 Å². The Balaban J connectivity index is 0.744. The van der Waals surface area contributed by atoms with Crippen molar-refractivity contribution >= 4 is 47.5 Å². The van der Waals surface area contributed by atoms with E-state index in [0.29, 0.717) is 59.0 Å². The van der Waals surface area contributed by atoms with Crippen molar-refractivity contribution in [2.75, 3.05) is 65.9 Å². The Morgan fingerprint density at radius 3 is 1.94 bits per heavy atom. The molecule has 0 saturated carbocycles. The molecule has 19 heteroatoms. The van der Waals surface area contributed by atoms with E-state index in [1.54, 1.807) is 0 Å². The van der Waals surface area contributed by atoms with Crippen molar-refractivity contribution in [3.05, 3.63) is 89.0 Å². The lowest BCUT2D eigenvalue weighted by Crippen LogP contribution is -2.54. The van der Waals surface area contributed by atoms with Gasteiger partial charge in [0.25, 0.3) is 17.7 Å². The number of benzene rings is 3. The molecular formula is C44H49N5O14. The summed E-state index contributed by atoms with van der Waals surface area (Å²) in [4.78, 5) is 100.0. The molecule has 63 heavy (non-hydrogen) atoms. The van der Waals surface area contributed by atoms with Gasteiger partial charge in [-0.05, 0) is 53.6 Å². The SMILES string of the molecule is O=C(COc1cccc2c1C(=O)N(C1CCC(=O)NC1=O)C2=O)NCCCOCCOCCOCCCNC(=O)C[C@H](NC(=O)OCC1c2ccccc2-c2ccccc21)C(=O)O. The van der Waals surface area contributed by atoms with Crippen LogP contribution in [0.1, 0.15) is 69.9 Å². The number of carbonyl (C=O) groups excluding carboxylic acids is 7. The van der Waals surface area contributed by atoms with Gasteiger partial charge in [0.1, 0.15) is 24.4 Å². The number of piperidine rings is 1. The average Bonchev–Trinajstić information content (AvgIpc) is 3.73. The van der Waals surface area contributed by atoms with Crippen LogP contribution in [0.4, 0.5) is 4.79 Å². The van der Waals surface area contributed by atoms with Crippen LogP contribution in [0.5, 0.6) is 5.75 Å². The number of imide groups is 2. The summed E-state index contributed by atoms with van der Waals surface area (Å²) in [6.07, 6.45) is -0.407. The molecule has 3 aromatic carbocycles. The van der Waals surface area contributed by atoms with Crippen molar-refractivity contribution in [2.24, 2.45) is 0 Å². The van der Waals surface area contributed by atoms with Gasteiger partial charge in [0.05, 0.1) is 44.0 Å². The summed E-state index contributed by atoms with van der Waals surface area (Å²) in [6.45, 7) is 2.06. The van der Waals surface area contributed by atoms with E-state index in [4.69, 9.17) is 23.7 Å². The van der Waals surface area contributed by atoms with Crippen LogP contribution < -0.4 is 26.0 Å². The second-order valence-electron chi connectivity index (χ2n) is 14.7. The van der Waals surface area contributed by atoms with Gasteiger partial charge in [-0.3, -0.25) is 39.0 Å². The fraction of sp³-hybridized carbons (Fsp3) is 0.409. The van der Waals surface area contributed by atoms with Crippen molar-refractivity contribution in [3.63, 3.8) is 0 Å². The van der Waals surface area contributed by atoms with Crippen LogP contribution in [0.15, 0.2) is 66.7 Å². The molecule has 3 aromatic rings. The lowest BCUT2D eigenvalue weighted by Gasteiger charge is -2.27. The normalized spacial score (nSPS) is 15.8. The predicted molar refractivity (Wildman–Crippen MR) is 221 cm³/mol. The summed E-state index contributed by atoms with van der Waals surface area (Å²) in [5, 5.41) is 19.4. The van der Waals surface area contributed by atoms with Gasteiger partial charge in [-0.25, -0.2) is 9.59 Å². The average molecular weight is 872 g/mol. The smallest absolute Gasteiger partial charge is 0.407 e. The Hall–Kier alpha value is -6.70. The number of ether oxygens (including phenoxy) is 5. The zero-order valence-corrected chi connectivity index (χ0v) is 34.4. The van der Waals surface area contributed by atoms with Gasteiger partial charge in [0.15, 0.2) is 6.61 Å². The summed E-state index contributed by atoms with van der Waals surface area (Å²) in [6, 6.07) is 17.5. The highest BCUT2D eigenvalue weighted by Gasteiger charge is 2.46. The second kappa shape index (κ2) is 22.4. The third-order valence-corrected chi connectivity index (χ3v) is 10.4. The monoisotopic (exact) mass is 871 g/mol. The van der Waals surface area contributed by atoms with Crippen LogP contribution in [0, 0.1) is 0 Å². The molecule has 3 aliphatic rings. The van der Waals surface area contributed by atoms with Gasteiger partial charge >= 0.3 is 12.1 Å². The highest BCUT2D eigenvalue weighted by Crippen LogP contribution is 2.44. The Bertz CT molecular complexity index is 2150. The van der Waals surface area contributed by atoms with Gasteiger partial charge in [-0.2, -0.15) is 0 Å². The topological polar surface area (TPSA) is 254 Å². The molecule has 5 N–H and O–H groups in total. The summed E-state index contributed by atoms with van der Waals surface area (Å²) >= 11 is 0. The minimum Gasteiger partial charge on any atom is -0.483 e. The van der Waals surface area contributed by atoms with Gasteiger partial charge in [0.2, 0.25) is 17.7 Å². The van der Waals surface area contributed by atoms with E-state index in [2.05, 4.69) is 21.3 Å². The van der Waals surface area contributed by atoms with Crippen molar-refractivity contribution < 1.29 is 67.1 Å². The number of fused-ring (bicyclic) bond motifs is 4. The first kappa shape index (κ1) is 45.8. The maximum Gasteiger partial charge on any atom is 0.407 e. The van der Waals surface area contributed by atoms with Gasteiger partial charge in [0, 0.05) is 38.6 Å². The van der Waals surface area contributed by atoms with Crippen molar-refractivity contribution in [1.82, 2.24) is 26.2 Å². The van der Waals surface area contributed by atoms with Gasteiger partial charge in [-0.1, -0.05) is 54.6 Å². The zero-order valence-electron chi connectivity index (χ0n) is 34.4. The lowest BCUT2D eigenvalue weighted by molar-refractivity contribution is -0.141. The molecule has 1 saturated heterocycles. The maximum absolute atomic E-state index is 13.2. The second-order valence-corrected chi connectivity index (χ2v) is 14.7. The van der Waals surface area contributed by atoms with E-state index in [-0.39, 0.29) is 48.8 Å². The van der Waals surface area contributed by atoms with Gasteiger partial charge < -0.3 is 44.7 Å². The molecule has 1 aliphatic carbocycles. The Morgan fingerprint density at radius 2 is 1.32 bits per heavy atom. The summed E-state index contributed by atoms with van der Waals surface area (Å²) in [5.41, 5.74) is 4.17. The predicted octanol–water partition coefficient (Wildman–Crippen LogP) is 1.91. The van der Waals surface area contributed by atoms with Crippen LogP contribution in [0.2, 0.25) is 0 Å². The van der Waals surface area contributed by atoms with E-state index in [1.165, 1.54) is 18.2 Å². The van der Waals surface area contributed by atoms with E-state index in [1.807, 2.05) is 48.5 Å². The maximum atomic E-state index is 13.2. The Labute approximate surface area is 362 Å². The molecule has 2 heterocycles. The molecule has 0 radical (unpaired) electrons. The first-order valence-corrected chi connectivity index (χ1v) is 20.6. The Kier molecular flexibility index (Phi) is 16.3. The number of carboxylic acids is 1. The number of carbonyl (C=O) groups is 8. The van der Waals surface area contributed by atoms with E-state index < -0.39 is 72.6 Å². The Morgan fingerprint density at radius 1 is 0.730 bits per heavy atom. The van der Waals surface area contributed by atoms with Crippen molar-refractivity contribution in [3.8, 4) is 16.9 Å². The number of hydrogen-bond acceptors (Lipinski definition) is 13. The van der Waals surface area contributed by atoms with E-state index in [0.717, 1.165) is 27.2 Å². The molecule has 1 fully saturated rings. The molecule has 0 spiro atoms. The highest BCUT2D eigenvalue weighted by atomic mass is 16.6. The molecule has 6 rings (SSSR count). The number of nitrogens with zero attached hydrogens (tertiary/aromatic N) is 1. The number of nitrogens with one attached hydrogen (secondary N) is 4. The minimum absolute atomic E-state index is 0.00381. The van der Waals surface area contributed by atoms with Crippen LogP contribution in [0.3, 0.4) is 0 Å². The largest absolute Gasteiger partial charge is 0.483 e. The first-order chi connectivity index (χ1) is 30.5. The fourth-order valence-corrected chi connectivity index (χ4v) is 7.38. The molecule has 0 bridgehead atoms. The number of amides is 7. The number of aliphatic carboxylic acids is 1. The van der Waals surface area contributed by atoms with E-state index >= 15 is 0 Å². The molecule has 2 atom stereocenters.